The lowest BCUT2D eigenvalue weighted by molar-refractivity contribution is -0.169. The van der Waals surface area contributed by atoms with Crippen molar-refractivity contribution in [3.63, 3.8) is 0 Å². The first-order valence-electron chi connectivity index (χ1n) is 44.2. The summed E-state index contributed by atoms with van der Waals surface area (Å²) in [5.74, 6) is -23.2. The predicted octanol–water partition coefficient (Wildman–Crippen LogP) is 0.836. The number of carbonyl (C=O) groups is 17. The number of primary amides is 2. The van der Waals surface area contributed by atoms with Gasteiger partial charge in [0.25, 0.3) is 17.4 Å². The molecule has 41 heteroatoms. The molecule has 0 aliphatic carbocycles. The third kappa shape index (κ3) is 26.9. The minimum absolute atomic E-state index is 0.00320. The van der Waals surface area contributed by atoms with Crippen LogP contribution in [0.4, 0.5) is 10.5 Å². The number of anilines is 1. The van der Waals surface area contributed by atoms with Crippen molar-refractivity contribution in [3.05, 3.63) is 88.7 Å². The molecule has 0 radical (unpaired) electrons. The summed E-state index contributed by atoms with van der Waals surface area (Å²) in [6.07, 6.45) is -7.25. The predicted molar refractivity (Wildman–Crippen MR) is 472 cm³/mol. The molecule has 1 fully saturated rings. The summed E-state index contributed by atoms with van der Waals surface area (Å²) in [6, 6.07) is 5.75. The molecule has 712 valence electrons. The number of Topliss-reactive ketones (excluding diaryl/α,β-unsaturated/α-hetero) is 5. The second-order valence-corrected chi connectivity index (χ2v) is 35.7. The van der Waals surface area contributed by atoms with Crippen molar-refractivity contribution in [1.82, 2.24) is 61.6 Å². The molecule has 12 amide bonds. The Balaban J connectivity index is 0.875. The molecule has 131 heavy (non-hydrogen) atoms. The van der Waals surface area contributed by atoms with E-state index in [1.807, 2.05) is 19.9 Å². The van der Waals surface area contributed by atoms with E-state index in [2.05, 4.69) is 42.2 Å². The van der Waals surface area contributed by atoms with Crippen molar-refractivity contribution >= 4 is 138 Å². The van der Waals surface area contributed by atoms with Crippen LogP contribution in [0.15, 0.2) is 65.7 Å². The van der Waals surface area contributed by atoms with Crippen LogP contribution in [0, 0.1) is 35.5 Å². The molecule has 7 heterocycles. The van der Waals surface area contributed by atoms with Gasteiger partial charge in [0.05, 0.1) is 132 Å². The average molecular weight is 1850 g/mol. The number of ketones is 5. The highest BCUT2D eigenvalue weighted by Gasteiger charge is 2.63. The highest BCUT2D eigenvalue weighted by Crippen LogP contribution is 2.40. The van der Waals surface area contributed by atoms with E-state index < -0.39 is 285 Å². The number of H-pyrrole nitrogens is 1. The second-order valence-electron chi connectivity index (χ2n) is 34.2. The molecular weight excluding hydrogens is 1720 g/mol. The number of amides is 12. The summed E-state index contributed by atoms with van der Waals surface area (Å²) in [5.41, 5.74) is 12.5. The van der Waals surface area contributed by atoms with Gasteiger partial charge in [-0.15, -0.1) is 0 Å². The molecule has 3 aromatic carbocycles. The van der Waals surface area contributed by atoms with Gasteiger partial charge < -0.3 is 103 Å². The van der Waals surface area contributed by atoms with Crippen molar-refractivity contribution in [1.29, 1.82) is 0 Å². The Morgan fingerprint density at radius 1 is 0.733 bits per heavy atom. The van der Waals surface area contributed by atoms with E-state index in [0.29, 0.717) is 36.1 Å². The van der Waals surface area contributed by atoms with E-state index in [4.69, 9.17) is 40.4 Å². The van der Waals surface area contributed by atoms with E-state index in [0.717, 1.165) is 44.4 Å². The smallest absolute Gasteiger partial charge is 0.409 e. The normalized spacial score (nSPS) is 22.0. The third-order valence-corrected chi connectivity index (χ3v) is 25.6. The van der Waals surface area contributed by atoms with Crippen LogP contribution in [0.3, 0.4) is 0 Å². The van der Waals surface area contributed by atoms with Crippen molar-refractivity contribution < 1.29 is 120 Å². The van der Waals surface area contributed by atoms with Crippen LogP contribution < -0.4 is 53.4 Å². The maximum Gasteiger partial charge on any atom is 0.409 e. The first-order chi connectivity index (χ1) is 62.2. The quantitative estimate of drug-likeness (QED) is 0.0148. The van der Waals surface area contributed by atoms with Gasteiger partial charge in [-0.05, 0) is 106 Å². The number of hydrogen-bond donors (Lipinski definition) is 13. The monoisotopic (exact) mass is 1840 g/mol. The van der Waals surface area contributed by atoms with Crippen LogP contribution in [0.1, 0.15) is 166 Å². The number of nitrogens with zero attached hydrogens (tertiary/aromatic N) is 5. The topological polar surface area (TPSA) is 592 Å². The Hall–Kier alpha value is -11.9. The van der Waals surface area contributed by atoms with Gasteiger partial charge >= 0.3 is 6.09 Å². The van der Waals surface area contributed by atoms with Gasteiger partial charge in [-0.2, -0.15) is 0 Å². The lowest BCUT2D eigenvalue weighted by Gasteiger charge is -2.45. The van der Waals surface area contributed by atoms with Gasteiger partial charge in [-0.3, -0.25) is 80.9 Å². The minimum Gasteiger partial charge on any atom is -0.465 e. The number of aryl methyl sites for hydroxylation is 2. The summed E-state index contributed by atoms with van der Waals surface area (Å²) >= 11 is 0. The zero-order valence-corrected chi connectivity index (χ0v) is 76.2. The number of nitrogens with one attached hydrogen (secondary N) is 8. The number of aromatic nitrogens is 3. The fraction of sp³-hybridized carbons (Fsp3) is 0.567. The Labute approximate surface area is 759 Å². The summed E-state index contributed by atoms with van der Waals surface area (Å²) < 4.78 is 39.2. The van der Waals surface area contributed by atoms with Gasteiger partial charge in [-0.1, -0.05) is 60.1 Å². The summed E-state index contributed by atoms with van der Waals surface area (Å²) in [7, 11) is -1.18. The maximum atomic E-state index is 16.8. The SMILES string of the molecule is CCc1nc2ccc(C(=O)CCCOCCOCCC(=O)C[C@@H](C)C(=O)N[C@@H](C)C(=O)C[C@@H](CC(N)=O)C(=O)Nc3ccc(COC(=O)N(C)CCN(C(=O)C45Oc6ccc7c8c([nH]c7c6)S(=O)C[C@H](NC(=O)CNC(=O)[C@H]([C@@H](C)CC)NC(=O)CNC(=O)[C@H](CC(=O)[C@H]([C@@H](C)[C@@H](O)CO)NC4=O)C8)C(=O)C[C@@H](CC(N)=O)C(=O)N4C[C@H](O)C[C@H]45)C(C)C)cc3)cc2nc1CC. The third-order valence-electron chi connectivity index (χ3n) is 24.1. The molecule has 5 aliphatic heterocycles. The highest BCUT2D eigenvalue weighted by atomic mass is 32.2. The van der Waals surface area contributed by atoms with Gasteiger partial charge in [0.2, 0.25) is 53.2 Å². The Morgan fingerprint density at radius 2 is 1.40 bits per heavy atom. The number of aliphatic hydroxyl groups excluding tert-OH is 3. The molecule has 1 saturated heterocycles. The van der Waals surface area contributed by atoms with E-state index in [1.54, 1.807) is 26.0 Å². The number of aliphatic hydroxyl groups is 3. The van der Waals surface area contributed by atoms with Crippen LogP contribution in [0.25, 0.3) is 21.9 Å². The molecule has 0 saturated carbocycles. The number of benzene rings is 3. The standard InChI is InChI=1S/C90H121N15O25S/c1-11-48(6)79-84(121)94-41-77(116)99-68-46-131(126)85-62-32-54(82(119)93-42-78(117)101-79)35-72(112)80(50(8)73(113)44-106)102-87(123)90(130-60-21-22-61(62)66(40-60)100-85,74-39-59(108)43-105(74)86(122)56(36-71(68)111)38-76(92)115)88(124)104(47(4)5)26-25-103(10)89(125)129-45-52-16-19-57(20-17-52)96-83(120)55(37-75(91)114)34-70(110)51(9)95-81(118)49(7)31-58(107)24-28-128-30-29-127-27-14-15-69(109)53-18-23-65-67(33-53)98-64(13-3)63(12-2)97-65/h16-23,33,40,47-51,54-56,59,68,73-74,79-80,100,106,108,113H,11-15,24-32,34-39,41-46H2,1-10H3,(H2,91,114)(H2,92,115)(H,93,119)(H,94,121)(H,95,118)(H,96,120)(H,99,116)(H,101,117)(H,102,123)/t48-,49+,50-,51-,54-,55-,56-,59+,68-,73-,74-,79-,80-,90?,131?/m0/s1. The summed E-state index contributed by atoms with van der Waals surface area (Å²) in [6.45, 7) is 10.6. The molecule has 5 aliphatic rings. The highest BCUT2D eigenvalue weighted by molar-refractivity contribution is 7.85. The number of rotatable bonds is 38. The van der Waals surface area contributed by atoms with Crippen LogP contribution in [-0.2, 0) is 123 Å². The number of fused-ring (bicyclic) bond motifs is 9. The minimum atomic E-state index is -3.28. The Bertz CT molecular complexity index is 5120. The van der Waals surface area contributed by atoms with E-state index in [-0.39, 0.29) is 83.6 Å². The molecule has 40 nitrogen and oxygen atoms in total. The van der Waals surface area contributed by atoms with Crippen LogP contribution >= 0.6 is 0 Å². The zero-order chi connectivity index (χ0) is 96.0. The molecule has 15 atom stereocenters. The number of likely N-dealkylation sites (N-methyl/N-ethyl adjacent to an activating group) is 1. The number of hydrogen-bond acceptors (Lipinski definition) is 27. The molecule has 10 rings (SSSR count). The van der Waals surface area contributed by atoms with E-state index in [1.165, 1.54) is 84.1 Å². The van der Waals surface area contributed by atoms with Gasteiger partial charge in [0.1, 0.15) is 29.2 Å². The van der Waals surface area contributed by atoms with Crippen LogP contribution in [-0.4, -0.2) is 282 Å². The van der Waals surface area contributed by atoms with Crippen molar-refractivity contribution in [2.24, 2.45) is 47.0 Å². The molecular formula is C90H121N15O25S. The van der Waals surface area contributed by atoms with Crippen molar-refractivity contribution in [2.45, 2.75) is 218 Å². The average Bonchev–Trinajstić information content (AvgIpc) is 1.66. The van der Waals surface area contributed by atoms with Crippen LogP contribution in [0.5, 0.6) is 5.75 Å². The fourth-order valence-electron chi connectivity index (χ4n) is 16.3. The molecule has 8 bridgehead atoms. The van der Waals surface area contributed by atoms with Crippen molar-refractivity contribution in [3.8, 4) is 5.75 Å². The number of nitrogens with two attached hydrogens (primary N) is 2. The molecule has 0 spiro atoms. The second kappa shape index (κ2) is 47.3. The molecule has 2 aromatic heterocycles. The Morgan fingerprint density at radius 3 is 2.06 bits per heavy atom. The molecule has 2 unspecified atom stereocenters. The zero-order valence-electron chi connectivity index (χ0n) is 75.4. The fourth-order valence-corrected chi connectivity index (χ4v) is 17.7. The van der Waals surface area contributed by atoms with Gasteiger partial charge in [-0.25, -0.2) is 14.8 Å². The first-order valence-corrected chi connectivity index (χ1v) is 45.5. The number of aromatic amines is 1. The summed E-state index contributed by atoms with van der Waals surface area (Å²) in [5, 5.41) is 51.8. The lowest BCUT2D eigenvalue weighted by atomic mass is 9.83. The van der Waals surface area contributed by atoms with E-state index in [9.17, 15) is 72.9 Å². The molecule has 15 N–H and O–H groups in total. The Kier molecular flexibility index (Phi) is 37.1. The van der Waals surface area contributed by atoms with Crippen molar-refractivity contribution in [2.75, 3.05) is 83.9 Å². The summed E-state index contributed by atoms with van der Waals surface area (Å²) in [4.78, 5) is 258. The largest absolute Gasteiger partial charge is 0.465 e. The van der Waals surface area contributed by atoms with E-state index >= 15 is 28.2 Å². The molecule has 5 aromatic rings. The maximum absolute atomic E-state index is 16.8. The first kappa shape index (κ1) is 103. The van der Waals surface area contributed by atoms with Crippen LogP contribution in [0.2, 0.25) is 0 Å². The number of carbonyl (C=O) groups excluding carboxylic acids is 17. The van der Waals surface area contributed by atoms with Gasteiger partial charge in [0, 0.05) is 138 Å². The lowest BCUT2D eigenvalue weighted by Crippen LogP contribution is -2.73. The number of ether oxygens (including phenoxy) is 4. The van der Waals surface area contributed by atoms with Gasteiger partial charge in [0.15, 0.2) is 23.1 Å².